The van der Waals surface area contributed by atoms with E-state index >= 15 is 0 Å². The lowest BCUT2D eigenvalue weighted by Gasteiger charge is -2.09. The van der Waals surface area contributed by atoms with E-state index in [0.29, 0.717) is 0 Å². The second kappa shape index (κ2) is 4.14. The van der Waals surface area contributed by atoms with Crippen LogP contribution in [0.4, 0.5) is 8.78 Å². The standard InChI is InChI=1S/C6H5F2IN2O3S/c7-5(8)3-2(12)1-11-6(9)4(3)15(10,13)14/h1,5,12H,(H2,10,13,14). The minimum atomic E-state index is -4.34. The molecule has 0 fully saturated rings. The van der Waals surface area contributed by atoms with E-state index in [4.69, 9.17) is 10.2 Å². The van der Waals surface area contributed by atoms with Crippen LogP contribution in [0.5, 0.6) is 5.75 Å². The van der Waals surface area contributed by atoms with Crippen molar-refractivity contribution in [3.05, 3.63) is 15.5 Å². The lowest BCUT2D eigenvalue weighted by molar-refractivity contribution is 0.143. The maximum Gasteiger partial charge on any atom is 0.268 e. The highest BCUT2D eigenvalue weighted by atomic mass is 127. The molecule has 1 aromatic rings. The van der Waals surface area contributed by atoms with Gasteiger partial charge in [-0.25, -0.2) is 27.3 Å². The average Bonchev–Trinajstić information content (AvgIpc) is 2.05. The summed E-state index contributed by atoms with van der Waals surface area (Å²) in [4.78, 5) is 2.60. The summed E-state index contributed by atoms with van der Waals surface area (Å²) < 4.78 is 46.8. The molecule has 0 unspecified atom stereocenters. The van der Waals surface area contributed by atoms with Gasteiger partial charge >= 0.3 is 0 Å². The monoisotopic (exact) mass is 350 g/mol. The van der Waals surface area contributed by atoms with Gasteiger partial charge < -0.3 is 5.11 Å². The molecule has 0 amide bonds. The third-order valence-corrected chi connectivity index (χ3v) is 3.68. The number of pyridine rings is 1. The van der Waals surface area contributed by atoms with E-state index in [1.165, 1.54) is 22.6 Å². The van der Waals surface area contributed by atoms with Crippen molar-refractivity contribution in [3.63, 3.8) is 0 Å². The Hall–Kier alpha value is -0.550. The molecule has 0 aliphatic carbocycles. The smallest absolute Gasteiger partial charge is 0.268 e. The Bertz CT molecular complexity index is 491. The second-order valence-electron chi connectivity index (χ2n) is 2.52. The predicted octanol–water partition coefficient (Wildman–Crippen LogP) is 0.977. The summed E-state index contributed by atoms with van der Waals surface area (Å²) >= 11 is 1.45. The van der Waals surface area contributed by atoms with Crippen LogP contribution >= 0.6 is 22.6 Å². The van der Waals surface area contributed by atoms with Gasteiger partial charge in [0.25, 0.3) is 6.43 Å². The van der Waals surface area contributed by atoms with Gasteiger partial charge in [0, 0.05) is 0 Å². The quantitative estimate of drug-likeness (QED) is 0.614. The normalized spacial score (nSPS) is 12.1. The summed E-state index contributed by atoms with van der Waals surface area (Å²) in [5, 5.41) is 13.8. The molecule has 0 saturated carbocycles. The van der Waals surface area contributed by atoms with Gasteiger partial charge in [0.15, 0.2) is 0 Å². The van der Waals surface area contributed by atoms with Crippen molar-refractivity contribution >= 4 is 32.6 Å². The van der Waals surface area contributed by atoms with Crippen molar-refractivity contribution in [2.45, 2.75) is 11.3 Å². The molecule has 0 aliphatic rings. The van der Waals surface area contributed by atoms with Gasteiger partial charge in [-0.3, -0.25) is 0 Å². The maximum atomic E-state index is 12.5. The topological polar surface area (TPSA) is 93.3 Å². The highest BCUT2D eigenvalue weighted by Gasteiger charge is 2.27. The molecule has 9 heteroatoms. The first-order valence-corrected chi connectivity index (χ1v) is 6.06. The number of hydrogen-bond acceptors (Lipinski definition) is 4. The lowest BCUT2D eigenvalue weighted by Crippen LogP contribution is -2.17. The molecule has 0 aromatic carbocycles. The first-order valence-electron chi connectivity index (χ1n) is 3.43. The van der Waals surface area contributed by atoms with Crippen molar-refractivity contribution < 1.29 is 22.3 Å². The molecule has 0 aliphatic heterocycles. The first kappa shape index (κ1) is 12.5. The molecule has 0 atom stereocenters. The summed E-state index contributed by atoms with van der Waals surface area (Å²) in [5.74, 6) is -0.894. The van der Waals surface area contributed by atoms with Crippen molar-refractivity contribution in [2.24, 2.45) is 5.14 Å². The molecule has 1 aromatic heterocycles. The molecular formula is C6H5F2IN2O3S. The van der Waals surface area contributed by atoms with E-state index in [2.05, 4.69) is 4.98 Å². The zero-order valence-electron chi connectivity index (χ0n) is 6.99. The molecule has 84 valence electrons. The van der Waals surface area contributed by atoms with Gasteiger partial charge in [-0.05, 0) is 22.6 Å². The lowest BCUT2D eigenvalue weighted by atomic mass is 10.2. The van der Waals surface area contributed by atoms with E-state index in [1.807, 2.05) is 0 Å². The maximum absolute atomic E-state index is 12.5. The summed E-state index contributed by atoms with van der Waals surface area (Å²) in [6.45, 7) is 0. The SMILES string of the molecule is NS(=O)(=O)c1c(I)ncc(O)c1C(F)F. The molecule has 0 saturated heterocycles. The number of alkyl halides is 2. The Kier molecular flexibility index (Phi) is 3.45. The highest BCUT2D eigenvalue weighted by Crippen LogP contribution is 2.34. The minimum Gasteiger partial charge on any atom is -0.506 e. The molecule has 3 N–H and O–H groups in total. The largest absolute Gasteiger partial charge is 0.506 e. The fourth-order valence-corrected chi connectivity index (χ4v) is 3.09. The number of primary sulfonamides is 1. The number of sulfonamides is 1. The van der Waals surface area contributed by atoms with Crippen LogP contribution in [0.25, 0.3) is 0 Å². The number of aromatic nitrogens is 1. The van der Waals surface area contributed by atoms with E-state index in [9.17, 15) is 17.2 Å². The molecular weight excluding hydrogens is 345 g/mol. The Labute approximate surface area is 97.5 Å². The average molecular weight is 350 g/mol. The van der Waals surface area contributed by atoms with Gasteiger partial charge in [0.1, 0.15) is 14.3 Å². The summed E-state index contributed by atoms with van der Waals surface area (Å²) in [7, 11) is -4.34. The Morgan fingerprint density at radius 3 is 2.40 bits per heavy atom. The van der Waals surface area contributed by atoms with Gasteiger partial charge in [-0.2, -0.15) is 0 Å². The van der Waals surface area contributed by atoms with Gasteiger partial charge in [-0.1, -0.05) is 0 Å². The molecule has 1 rings (SSSR count). The molecule has 5 nitrogen and oxygen atoms in total. The molecule has 15 heavy (non-hydrogen) atoms. The second-order valence-corrected chi connectivity index (χ2v) is 5.04. The van der Waals surface area contributed by atoms with Gasteiger partial charge in [-0.15, -0.1) is 0 Å². The molecule has 1 heterocycles. The van der Waals surface area contributed by atoms with Crippen LogP contribution in [-0.4, -0.2) is 18.5 Å². The Balaban J connectivity index is 3.68. The van der Waals surface area contributed by atoms with Crippen LogP contribution in [0, 0.1) is 3.70 Å². The molecule has 0 spiro atoms. The van der Waals surface area contributed by atoms with Crippen molar-refractivity contribution in [3.8, 4) is 5.75 Å². The summed E-state index contributed by atoms with van der Waals surface area (Å²) in [6, 6.07) is 0. The zero-order chi connectivity index (χ0) is 11.8. The third kappa shape index (κ3) is 2.52. The summed E-state index contributed by atoms with van der Waals surface area (Å²) in [5.41, 5.74) is -1.02. The van der Waals surface area contributed by atoms with Crippen LogP contribution in [0.3, 0.4) is 0 Å². The fraction of sp³-hybridized carbons (Fsp3) is 0.167. The zero-order valence-corrected chi connectivity index (χ0v) is 9.96. The van der Waals surface area contributed by atoms with Crippen molar-refractivity contribution in [1.82, 2.24) is 4.98 Å². The van der Waals surface area contributed by atoms with Crippen LogP contribution in [-0.2, 0) is 10.0 Å². The van der Waals surface area contributed by atoms with Crippen molar-refractivity contribution in [2.75, 3.05) is 0 Å². The van der Waals surface area contributed by atoms with E-state index in [0.717, 1.165) is 6.20 Å². The van der Waals surface area contributed by atoms with Crippen LogP contribution in [0.2, 0.25) is 0 Å². The number of nitrogens with zero attached hydrogens (tertiary/aromatic N) is 1. The van der Waals surface area contributed by atoms with E-state index in [-0.39, 0.29) is 3.70 Å². The number of rotatable bonds is 2. The van der Waals surface area contributed by atoms with Gasteiger partial charge in [0.05, 0.1) is 11.8 Å². The van der Waals surface area contributed by atoms with Crippen LogP contribution in [0.1, 0.15) is 12.0 Å². The fourth-order valence-electron chi connectivity index (χ4n) is 0.955. The minimum absolute atomic E-state index is 0.205. The van der Waals surface area contributed by atoms with E-state index in [1.54, 1.807) is 0 Å². The molecule has 0 radical (unpaired) electrons. The predicted molar refractivity (Wildman–Crippen MR) is 54.9 cm³/mol. The van der Waals surface area contributed by atoms with Crippen LogP contribution in [0.15, 0.2) is 11.1 Å². The Morgan fingerprint density at radius 1 is 1.53 bits per heavy atom. The van der Waals surface area contributed by atoms with E-state index < -0.39 is 32.7 Å². The summed E-state index contributed by atoms with van der Waals surface area (Å²) in [6.07, 6.45) is -2.40. The Morgan fingerprint density at radius 2 is 2.07 bits per heavy atom. The third-order valence-electron chi connectivity index (χ3n) is 1.51. The van der Waals surface area contributed by atoms with Gasteiger partial charge in [0.2, 0.25) is 10.0 Å². The van der Waals surface area contributed by atoms with Crippen molar-refractivity contribution in [1.29, 1.82) is 0 Å². The number of nitrogens with two attached hydrogens (primary N) is 1. The number of aromatic hydroxyl groups is 1. The number of halogens is 3. The highest BCUT2D eigenvalue weighted by molar-refractivity contribution is 14.1. The first-order chi connectivity index (χ1) is 6.75. The molecule has 0 bridgehead atoms. The van der Waals surface area contributed by atoms with Crippen LogP contribution < -0.4 is 5.14 Å². The number of hydrogen-bond donors (Lipinski definition) is 2.